The van der Waals surface area contributed by atoms with E-state index in [-0.39, 0.29) is 34.3 Å². The van der Waals surface area contributed by atoms with Gasteiger partial charge in [0, 0.05) is 37.4 Å². The summed E-state index contributed by atoms with van der Waals surface area (Å²) in [6.45, 7) is 3.46. The van der Waals surface area contributed by atoms with Crippen molar-refractivity contribution in [2.45, 2.75) is 13.1 Å². The van der Waals surface area contributed by atoms with E-state index in [4.69, 9.17) is 4.52 Å². The third-order valence-electron chi connectivity index (χ3n) is 5.30. The fourth-order valence-corrected chi connectivity index (χ4v) is 3.64. The summed E-state index contributed by atoms with van der Waals surface area (Å²) in [7, 11) is 0. The molecule has 0 atom stereocenters. The van der Waals surface area contributed by atoms with Crippen molar-refractivity contribution < 1.29 is 26.9 Å². The molecule has 1 aromatic heterocycles. The van der Waals surface area contributed by atoms with E-state index in [1.54, 1.807) is 24.0 Å². The number of anilines is 1. The predicted octanol–water partition coefficient (Wildman–Crippen LogP) is 4.77. The van der Waals surface area contributed by atoms with Gasteiger partial charge in [-0.05, 0) is 43.3 Å². The number of alkyl halides is 3. The normalized spacial score (nSPS) is 14.7. The van der Waals surface area contributed by atoms with Crippen molar-refractivity contribution in [2.75, 3.05) is 31.1 Å². The molecule has 2 heterocycles. The first-order valence-corrected chi connectivity index (χ1v) is 9.68. The average Bonchev–Trinajstić information content (AvgIpc) is 3.15. The number of carbonyl (C=O) groups is 1. The Morgan fingerprint density at radius 3 is 2.35 bits per heavy atom. The largest absolute Gasteiger partial charge is 0.416 e. The zero-order valence-electron chi connectivity index (χ0n) is 16.6. The van der Waals surface area contributed by atoms with Crippen molar-refractivity contribution in [1.29, 1.82) is 0 Å². The highest BCUT2D eigenvalue weighted by atomic mass is 19.4. The van der Waals surface area contributed by atoms with Crippen molar-refractivity contribution in [3.63, 3.8) is 0 Å². The Labute approximate surface area is 175 Å². The number of aromatic nitrogens is 1. The number of hydrogen-bond donors (Lipinski definition) is 0. The smallest absolute Gasteiger partial charge is 0.368 e. The molecule has 0 N–H and O–H groups in total. The molecule has 0 spiro atoms. The van der Waals surface area contributed by atoms with Gasteiger partial charge < -0.3 is 14.3 Å². The summed E-state index contributed by atoms with van der Waals surface area (Å²) in [6.07, 6.45) is -4.50. The number of rotatable bonds is 3. The van der Waals surface area contributed by atoms with Crippen LogP contribution in [0.25, 0.3) is 11.3 Å². The fourth-order valence-electron chi connectivity index (χ4n) is 3.64. The van der Waals surface area contributed by atoms with Crippen molar-refractivity contribution in [2.24, 2.45) is 0 Å². The number of piperazine rings is 1. The maximum absolute atomic E-state index is 13.2. The van der Waals surface area contributed by atoms with Gasteiger partial charge in [-0.1, -0.05) is 17.3 Å². The number of halogens is 4. The summed E-state index contributed by atoms with van der Waals surface area (Å²) < 4.78 is 57.6. The Morgan fingerprint density at radius 2 is 1.71 bits per heavy atom. The van der Waals surface area contributed by atoms with Crippen molar-refractivity contribution in [3.8, 4) is 11.3 Å². The van der Waals surface area contributed by atoms with Crippen LogP contribution in [-0.4, -0.2) is 42.1 Å². The second-order valence-electron chi connectivity index (χ2n) is 7.30. The lowest BCUT2D eigenvalue weighted by atomic mass is 10.0. The van der Waals surface area contributed by atoms with Crippen LogP contribution in [-0.2, 0) is 6.18 Å². The SMILES string of the molecule is Cc1onc(-c2cccc(C(F)(F)F)c2)c1C(=O)N1CCN(c2ccc(F)cc2)CC1. The number of carbonyl (C=O) groups excluding carboxylic acids is 1. The summed E-state index contributed by atoms with van der Waals surface area (Å²) >= 11 is 0. The summed E-state index contributed by atoms with van der Waals surface area (Å²) in [5.74, 6) is -0.411. The Kier molecular flexibility index (Phi) is 5.43. The van der Waals surface area contributed by atoms with Crippen LogP contribution in [0.15, 0.2) is 53.1 Å². The highest BCUT2D eigenvalue weighted by molar-refractivity contribution is 6.01. The van der Waals surface area contributed by atoms with Crippen LogP contribution in [0.1, 0.15) is 21.7 Å². The molecule has 3 aromatic rings. The van der Waals surface area contributed by atoms with Gasteiger partial charge in [0.1, 0.15) is 22.8 Å². The zero-order chi connectivity index (χ0) is 22.2. The van der Waals surface area contributed by atoms with Gasteiger partial charge in [-0.3, -0.25) is 4.79 Å². The number of nitrogens with zero attached hydrogens (tertiary/aromatic N) is 3. The van der Waals surface area contributed by atoms with Crippen LogP contribution < -0.4 is 4.90 Å². The van der Waals surface area contributed by atoms with E-state index in [0.717, 1.165) is 17.8 Å². The third-order valence-corrected chi connectivity index (χ3v) is 5.30. The standard InChI is InChI=1S/C22H19F4N3O2/c1-14-19(20(27-31-14)15-3-2-4-16(13-15)22(24,25)26)21(30)29-11-9-28(10-12-29)18-7-5-17(23)6-8-18/h2-8,13H,9-12H2,1H3. The number of aryl methyl sites for hydroxylation is 1. The summed E-state index contributed by atoms with van der Waals surface area (Å²) in [4.78, 5) is 16.8. The maximum Gasteiger partial charge on any atom is 0.416 e. The van der Waals surface area contributed by atoms with Gasteiger partial charge in [-0.25, -0.2) is 4.39 Å². The van der Waals surface area contributed by atoms with Gasteiger partial charge in [0.25, 0.3) is 5.91 Å². The molecule has 162 valence electrons. The van der Waals surface area contributed by atoms with Crippen LogP contribution in [0, 0.1) is 12.7 Å². The first-order valence-electron chi connectivity index (χ1n) is 9.68. The summed E-state index contributed by atoms with van der Waals surface area (Å²) in [5, 5.41) is 3.86. The second kappa shape index (κ2) is 8.05. The molecule has 0 bridgehead atoms. The number of amides is 1. The molecule has 0 aliphatic carbocycles. The van der Waals surface area contributed by atoms with Crippen LogP contribution >= 0.6 is 0 Å². The zero-order valence-corrected chi connectivity index (χ0v) is 16.6. The molecule has 1 aliphatic rings. The Hall–Kier alpha value is -3.36. The molecule has 1 fully saturated rings. The molecule has 1 saturated heterocycles. The highest BCUT2D eigenvalue weighted by Crippen LogP contribution is 2.34. The van der Waals surface area contributed by atoms with E-state index in [1.807, 2.05) is 4.90 Å². The van der Waals surface area contributed by atoms with Crippen molar-refractivity contribution >= 4 is 11.6 Å². The molecule has 5 nitrogen and oxygen atoms in total. The Bertz CT molecular complexity index is 1080. The highest BCUT2D eigenvalue weighted by Gasteiger charge is 2.32. The lowest BCUT2D eigenvalue weighted by Crippen LogP contribution is -2.49. The van der Waals surface area contributed by atoms with Crippen LogP contribution in [0.3, 0.4) is 0 Å². The van der Waals surface area contributed by atoms with Crippen LogP contribution in [0.2, 0.25) is 0 Å². The number of benzene rings is 2. The minimum Gasteiger partial charge on any atom is -0.368 e. The molecule has 0 saturated carbocycles. The Balaban J connectivity index is 1.54. The molecule has 1 amide bonds. The summed E-state index contributed by atoms with van der Waals surface area (Å²) in [5.41, 5.74) is 0.459. The first-order chi connectivity index (χ1) is 14.7. The van der Waals surface area contributed by atoms with E-state index in [9.17, 15) is 22.4 Å². The fraction of sp³-hybridized carbons (Fsp3) is 0.273. The van der Waals surface area contributed by atoms with Gasteiger partial charge in [0.2, 0.25) is 0 Å². The second-order valence-corrected chi connectivity index (χ2v) is 7.30. The van der Waals surface area contributed by atoms with Gasteiger partial charge in [0.15, 0.2) is 0 Å². The molecule has 0 unspecified atom stereocenters. The third kappa shape index (κ3) is 4.26. The minimum absolute atomic E-state index is 0.0922. The van der Waals surface area contributed by atoms with E-state index in [2.05, 4.69) is 5.16 Å². The molecule has 31 heavy (non-hydrogen) atoms. The van der Waals surface area contributed by atoms with Crippen molar-refractivity contribution in [1.82, 2.24) is 10.1 Å². The lowest BCUT2D eigenvalue weighted by Gasteiger charge is -2.36. The predicted molar refractivity (Wildman–Crippen MR) is 106 cm³/mol. The van der Waals surface area contributed by atoms with E-state index in [0.29, 0.717) is 26.2 Å². The molecule has 9 heteroatoms. The molecular formula is C22H19F4N3O2. The lowest BCUT2D eigenvalue weighted by molar-refractivity contribution is -0.137. The van der Waals surface area contributed by atoms with Gasteiger partial charge in [-0.2, -0.15) is 13.2 Å². The monoisotopic (exact) mass is 433 g/mol. The summed E-state index contributed by atoms with van der Waals surface area (Å²) in [6, 6.07) is 10.8. The quantitative estimate of drug-likeness (QED) is 0.559. The molecule has 2 aromatic carbocycles. The topological polar surface area (TPSA) is 49.6 Å². The van der Waals surface area contributed by atoms with E-state index >= 15 is 0 Å². The Morgan fingerprint density at radius 1 is 1.03 bits per heavy atom. The van der Waals surface area contributed by atoms with Gasteiger partial charge >= 0.3 is 6.18 Å². The molecular weight excluding hydrogens is 414 g/mol. The first kappa shape index (κ1) is 20.9. The molecule has 1 aliphatic heterocycles. The average molecular weight is 433 g/mol. The van der Waals surface area contributed by atoms with Crippen LogP contribution in [0.4, 0.5) is 23.2 Å². The maximum atomic E-state index is 13.2. The number of hydrogen-bond acceptors (Lipinski definition) is 4. The van der Waals surface area contributed by atoms with Gasteiger partial charge in [-0.15, -0.1) is 0 Å². The molecule has 4 rings (SSSR count). The van der Waals surface area contributed by atoms with Crippen LogP contribution in [0.5, 0.6) is 0 Å². The minimum atomic E-state index is -4.50. The van der Waals surface area contributed by atoms with E-state index in [1.165, 1.54) is 24.3 Å². The van der Waals surface area contributed by atoms with Crippen molar-refractivity contribution in [3.05, 3.63) is 71.2 Å². The molecule has 0 radical (unpaired) electrons. The van der Waals surface area contributed by atoms with Gasteiger partial charge in [0.05, 0.1) is 5.56 Å². The van der Waals surface area contributed by atoms with E-state index < -0.39 is 11.7 Å².